The smallest absolute Gasteiger partial charge is 0.312 e. The van der Waals surface area contributed by atoms with Gasteiger partial charge >= 0.3 is 5.97 Å². The second kappa shape index (κ2) is 5.19. The molecule has 19 heavy (non-hydrogen) atoms. The fourth-order valence-electron chi connectivity index (χ4n) is 1.96. The molecule has 0 aliphatic rings. The lowest BCUT2D eigenvalue weighted by Gasteiger charge is -2.14. The van der Waals surface area contributed by atoms with Crippen molar-refractivity contribution in [3.05, 3.63) is 35.6 Å². The minimum Gasteiger partial charge on any atom is -0.481 e. The molecular weight excluding hydrogens is 251 g/mol. The van der Waals surface area contributed by atoms with E-state index >= 15 is 0 Å². The number of hydrogen-bond acceptors (Lipinski definition) is 4. The van der Waals surface area contributed by atoms with Crippen molar-refractivity contribution in [1.29, 1.82) is 0 Å². The van der Waals surface area contributed by atoms with Crippen LogP contribution < -0.4 is 10.5 Å². The van der Waals surface area contributed by atoms with Gasteiger partial charge < -0.3 is 15.6 Å². The first kappa shape index (κ1) is 13.2. The Morgan fingerprint density at radius 1 is 1.47 bits per heavy atom. The van der Waals surface area contributed by atoms with E-state index in [0.717, 1.165) is 0 Å². The van der Waals surface area contributed by atoms with Crippen molar-refractivity contribution >= 4 is 16.9 Å². The van der Waals surface area contributed by atoms with Crippen LogP contribution in [0.15, 0.2) is 24.3 Å². The third-order valence-electron chi connectivity index (χ3n) is 2.91. The molecule has 0 saturated heterocycles. The molecule has 0 amide bonds. The van der Waals surface area contributed by atoms with Gasteiger partial charge in [0.1, 0.15) is 5.82 Å². The summed E-state index contributed by atoms with van der Waals surface area (Å²) in [5, 5.41) is 9.77. The van der Waals surface area contributed by atoms with Gasteiger partial charge in [-0.1, -0.05) is 0 Å². The minimum absolute atomic E-state index is 0.00796. The second-order valence-corrected chi connectivity index (χ2v) is 4.01. The predicted molar refractivity (Wildman–Crippen MR) is 67.7 cm³/mol. The van der Waals surface area contributed by atoms with Crippen molar-refractivity contribution < 1.29 is 19.0 Å². The number of benzene rings is 1. The van der Waals surface area contributed by atoms with Gasteiger partial charge in [-0.05, 0) is 18.2 Å². The van der Waals surface area contributed by atoms with Crippen LogP contribution >= 0.6 is 0 Å². The monoisotopic (exact) mass is 264 g/mol. The molecule has 0 radical (unpaired) electrons. The van der Waals surface area contributed by atoms with Gasteiger partial charge in [0.25, 0.3) is 0 Å². The first-order chi connectivity index (χ1) is 9.08. The summed E-state index contributed by atoms with van der Waals surface area (Å²) in [6.07, 6.45) is 0. The molecule has 1 aromatic heterocycles. The number of pyridine rings is 1. The van der Waals surface area contributed by atoms with Crippen LogP contribution in [0.4, 0.5) is 4.39 Å². The van der Waals surface area contributed by atoms with Gasteiger partial charge in [-0.15, -0.1) is 0 Å². The van der Waals surface area contributed by atoms with Crippen molar-refractivity contribution in [2.75, 3.05) is 13.7 Å². The topological polar surface area (TPSA) is 85.4 Å². The maximum atomic E-state index is 14.0. The van der Waals surface area contributed by atoms with Gasteiger partial charge in [-0.2, -0.15) is 0 Å². The molecule has 2 aromatic rings. The summed E-state index contributed by atoms with van der Waals surface area (Å²) in [7, 11) is 1.44. The highest BCUT2D eigenvalue weighted by Crippen LogP contribution is 2.28. The van der Waals surface area contributed by atoms with Crippen LogP contribution in [-0.4, -0.2) is 29.7 Å². The number of fused-ring (bicyclic) bond motifs is 1. The van der Waals surface area contributed by atoms with E-state index in [9.17, 15) is 9.18 Å². The lowest BCUT2D eigenvalue weighted by atomic mass is 9.96. The SMILES string of the molecule is COc1ccc2ccc(F)c(C(CN)C(=O)O)c2n1. The number of nitrogens with two attached hydrogens (primary N) is 1. The summed E-state index contributed by atoms with van der Waals surface area (Å²) in [5.74, 6) is -2.66. The first-order valence-corrected chi connectivity index (χ1v) is 5.64. The average Bonchev–Trinajstić information content (AvgIpc) is 2.41. The molecule has 2 rings (SSSR count). The average molecular weight is 264 g/mol. The molecular formula is C13H13FN2O3. The van der Waals surface area contributed by atoms with E-state index in [2.05, 4.69) is 4.98 Å². The van der Waals surface area contributed by atoms with Crippen LogP contribution in [-0.2, 0) is 4.79 Å². The van der Waals surface area contributed by atoms with Gasteiger partial charge in [0.15, 0.2) is 0 Å². The maximum absolute atomic E-state index is 14.0. The molecule has 1 atom stereocenters. The van der Waals surface area contributed by atoms with Crippen molar-refractivity contribution in [3.63, 3.8) is 0 Å². The summed E-state index contributed by atoms with van der Waals surface area (Å²) in [6.45, 7) is -0.204. The van der Waals surface area contributed by atoms with Crippen molar-refractivity contribution in [2.45, 2.75) is 5.92 Å². The predicted octanol–water partition coefficient (Wildman–Crippen LogP) is 1.51. The van der Waals surface area contributed by atoms with Crippen LogP contribution in [0.1, 0.15) is 11.5 Å². The molecule has 0 aliphatic carbocycles. The quantitative estimate of drug-likeness (QED) is 0.874. The zero-order chi connectivity index (χ0) is 14.0. The summed E-state index contributed by atoms with van der Waals surface area (Å²) < 4.78 is 18.9. The summed E-state index contributed by atoms with van der Waals surface area (Å²) >= 11 is 0. The molecule has 0 spiro atoms. The molecule has 1 aromatic carbocycles. The van der Waals surface area contributed by atoms with Crippen LogP contribution in [0.25, 0.3) is 10.9 Å². The highest BCUT2D eigenvalue weighted by Gasteiger charge is 2.25. The number of hydrogen-bond donors (Lipinski definition) is 2. The van der Waals surface area contributed by atoms with E-state index in [1.54, 1.807) is 12.1 Å². The van der Waals surface area contributed by atoms with E-state index in [0.29, 0.717) is 11.3 Å². The molecule has 1 heterocycles. The number of aliphatic carboxylic acids is 1. The number of rotatable bonds is 4. The number of aromatic nitrogens is 1. The Kier molecular flexibility index (Phi) is 3.62. The van der Waals surface area contributed by atoms with Crippen molar-refractivity contribution in [1.82, 2.24) is 4.98 Å². The molecule has 1 unspecified atom stereocenters. The highest BCUT2D eigenvalue weighted by molar-refractivity contribution is 5.88. The first-order valence-electron chi connectivity index (χ1n) is 5.64. The number of carboxylic acids is 1. The number of carbonyl (C=O) groups is 1. The van der Waals surface area contributed by atoms with Gasteiger partial charge in [0.2, 0.25) is 5.88 Å². The van der Waals surface area contributed by atoms with Crippen LogP contribution in [0, 0.1) is 5.82 Å². The van der Waals surface area contributed by atoms with Crippen LogP contribution in [0.5, 0.6) is 5.88 Å². The summed E-state index contributed by atoms with van der Waals surface area (Å²) in [6, 6.07) is 6.08. The molecule has 100 valence electrons. The Morgan fingerprint density at radius 3 is 2.74 bits per heavy atom. The van der Waals surface area contributed by atoms with Gasteiger partial charge in [0, 0.05) is 23.6 Å². The molecule has 0 fully saturated rings. The molecule has 6 heteroatoms. The minimum atomic E-state index is -1.18. The fourth-order valence-corrected chi connectivity index (χ4v) is 1.96. The van der Waals surface area contributed by atoms with E-state index < -0.39 is 17.7 Å². The van der Waals surface area contributed by atoms with Crippen LogP contribution in [0.3, 0.4) is 0 Å². The van der Waals surface area contributed by atoms with Gasteiger partial charge in [-0.3, -0.25) is 4.79 Å². The largest absolute Gasteiger partial charge is 0.481 e. The fraction of sp³-hybridized carbons (Fsp3) is 0.231. The Labute approximate surface area is 108 Å². The van der Waals surface area contributed by atoms with E-state index in [-0.39, 0.29) is 17.6 Å². The Balaban J connectivity index is 2.75. The molecule has 3 N–H and O–H groups in total. The molecule has 5 nitrogen and oxygen atoms in total. The van der Waals surface area contributed by atoms with Crippen LogP contribution in [0.2, 0.25) is 0 Å². The molecule has 0 saturated carbocycles. The number of carboxylic acid groups (broad SMARTS) is 1. The third kappa shape index (κ3) is 2.34. The number of halogens is 1. The van der Waals surface area contributed by atoms with Crippen molar-refractivity contribution in [3.8, 4) is 5.88 Å². The lowest BCUT2D eigenvalue weighted by Crippen LogP contribution is -2.22. The van der Waals surface area contributed by atoms with Gasteiger partial charge in [0.05, 0.1) is 18.5 Å². The second-order valence-electron chi connectivity index (χ2n) is 4.01. The zero-order valence-electron chi connectivity index (χ0n) is 10.3. The number of methoxy groups -OCH3 is 1. The Morgan fingerprint density at radius 2 is 2.16 bits per heavy atom. The third-order valence-corrected chi connectivity index (χ3v) is 2.91. The standard InChI is InChI=1S/C13H13FN2O3/c1-19-10-5-3-7-2-4-9(14)11(12(7)16-10)8(6-15)13(17)18/h2-5,8H,6,15H2,1H3,(H,17,18). The lowest BCUT2D eigenvalue weighted by molar-refractivity contribution is -0.138. The van der Waals surface area contributed by atoms with E-state index in [4.69, 9.17) is 15.6 Å². The zero-order valence-corrected chi connectivity index (χ0v) is 10.3. The highest BCUT2D eigenvalue weighted by atomic mass is 19.1. The normalized spacial score (nSPS) is 12.4. The maximum Gasteiger partial charge on any atom is 0.312 e. The molecule has 0 bridgehead atoms. The number of nitrogens with zero attached hydrogens (tertiary/aromatic N) is 1. The van der Waals surface area contributed by atoms with Gasteiger partial charge in [-0.25, -0.2) is 9.37 Å². The summed E-state index contributed by atoms with van der Waals surface area (Å²) in [4.78, 5) is 15.3. The van der Waals surface area contributed by atoms with E-state index in [1.807, 2.05) is 0 Å². The Hall–Kier alpha value is -2.21. The Bertz CT molecular complexity index is 631. The summed E-state index contributed by atoms with van der Waals surface area (Å²) in [5.41, 5.74) is 5.68. The molecule has 0 aliphatic heterocycles. The van der Waals surface area contributed by atoms with Crippen molar-refractivity contribution in [2.24, 2.45) is 5.73 Å². The van der Waals surface area contributed by atoms with E-state index in [1.165, 1.54) is 19.2 Å². The number of ether oxygens (including phenoxy) is 1.